The standard InChI is InChI=1S/C10H11F2N/c1-3-13-9(10(11)12)8-6-4-5-7(8)2/h3-4,6,10H,2,5H2,1H3/b9-8-,13-3?. The fraction of sp³-hybridized carbons (Fsp3) is 0.300. The van der Waals surface area contributed by atoms with Gasteiger partial charge in [0.2, 0.25) is 0 Å². The number of alkyl halides is 2. The number of nitrogens with zero attached hydrogens (tertiary/aromatic N) is 1. The van der Waals surface area contributed by atoms with Crippen molar-refractivity contribution >= 4 is 6.21 Å². The normalized spacial score (nSPS) is 20.8. The van der Waals surface area contributed by atoms with E-state index in [1.165, 1.54) is 6.21 Å². The molecule has 0 heterocycles. The van der Waals surface area contributed by atoms with Crippen LogP contribution in [0, 0.1) is 0 Å². The largest absolute Gasteiger partial charge is 0.280 e. The van der Waals surface area contributed by atoms with Crippen molar-refractivity contribution in [2.45, 2.75) is 19.8 Å². The number of hydrogen-bond donors (Lipinski definition) is 0. The van der Waals surface area contributed by atoms with Crippen LogP contribution in [-0.4, -0.2) is 12.6 Å². The molecule has 0 N–H and O–H groups in total. The summed E-state index contributed by atoms with van der Waals surface area (Å²) in [5.74, 6) is 0. The highest BCUT2D eigenvalue weighted by molar-refractivity contribution is 5.58. The smallest absolute Gasteiger partial charge is 0.259 e. The van der Waals surface area contributed by atoms with Gasteiger partial charge in [0.15, 0.2) is 0 Å². The van der Waals surface area contributed by atoms with Crippen molar-refractivity contribution in [2.75, 3.05) is 0 Å². The van der Waals surface area contributed by atoms with E-state index in [0.717, 1.165) is 0 Å². The van der Waals surface area contributed by atoms with E-state index in [0.29, 0.717) is 17.6 Å². The summed E-state index contributed by atoms with van der Waals surface area (Å²) < 4.78 is 24.9. The quantitative estimate of drug-likeness (QED) is 0.583. The van der Waals surface area contributed by atoms with Gasteiger partial charge in [-0.1, -0.05) is 18.7 Å². The number of allylic oxidation sites excluding steroid dienone is 5. The van der Waals surface area contributed by atoms with Crippen LogP contribution in [0.25, 0.3) is 0 Å². The Hall–Kier alpha value is -1.25. The van der Waals surface area contributed by atoms with E-state index < -0.39 is 6.43 Å². The van der Waals surface area contributed by atoms with E-state index in [1.807, 2.05) is 6.08 Å². The minimum absolute atomic E-state index is 0.179. The zero-order valence-electron chi connectivity index (χ0n) is 7.43. The molecular formula is C10H11F2N. The van der Waals surface area contributed by atoms with Gasteiger partial charge in [0, 0.05) is 11.8 Å². The van der Waals surface area contributed by atoms with Crippen molar-refractivity contribution < 1.29 is 8.78 Å². The minimum atomic E-state index is -2.54. The van der Waals surface area contributed by atoms with Crippen LogP contribution in [0.4, 0.5) is 8.78 Å². The first-order valence-electron chi connectivity index (χ1n) is 4.02. The van der Waals surface area contributed by atoms with Gasteiger partial charge in [0.1, 0.15) is 5.70 Å². The zero-order chi connectivity index (χ0) is 9.84. The van der Waals surface area contributed by atoms with Crippen molar-refractivity contribution in [2.24, 2.45) is 4.99 Å². The molecule has 0 aromatic rings. The van der Waals surface area contributed by atoms with Crippen molar-refractivity contribution in [3.63, 3.8) is 0 Å². The van der Waals surface area contributed by atoms with Crippen LogP contribution in [-0.2, 0) is 0 Å². The predicted molar refractivity (Wildman–Crippen MR) is 50.1 cm³/mol. The number of halogens is 2. The third kappa shape index (κ3) is 2.11. The highest BCUT2D eigenvalue weighted by Gasteiger charge is 2.18. The summed E-state index contributed by atoms with van der Waals surface area (Å²) in [4.78, 5) is 3.65. The highest BCUT2D eigenvalue weighted by atomic mass is 19.3. The molecule has 0 amide bonds. The molecule has 0 saturated heterocycles. The molecule has 0 aromatic heterocycles. The topological polar surface area (TPSA) is 12.4 Å². The van der Waals surface area contributed by atoms with Crippen LogP contribution in [0.1, 0.15) is 13.3 Å². The van der Waals surface area contributed by atoms with E-state index in [-0.39, 0.29) is 5.70 Å². The first-order valence-corrected chi connectivity index (χ1v) is 4.02. The molecule has 1 rings (SSSR count). The highest BCUT2D eigenvalue weighted by Crippen LogP contribution is 2.28. The average molecular weight is 183 g/mol. The van der Waals surface area contributed by atoms with E-state index in [1.54, 1.807) is 13.0 Å². The third-order valence-corrected chi connectivity index (χ3v) is 1.78. The molecule has 1 aliphatic rings. The molecular weight excluding hydrogens is 172 g/mol. The van der Waals surface area contributed by atoms with Crippen molar-refractivity contribution in [3.8, 4) is 0 Å². The van der Waals surface area contributed by atoms with Crippen LogP contribution < -0.4 is 0 Å². The van der Waals surface area contributed by atoms with Crippen LogP contribution in [0.15, 0.2) is 40.6 Å². The van der Waals surface area contributed by atoms with Gasteiger partial charge < -0.3 is 0 Å². The number of aliphatic imine (C=N–C) groups is 1. The molecule has 1 nitrogen and oxygen atoms in total. The monoisotopic (exact) mass is 183 g/mol. The van der Waals surface area contributed by atoms with Crippen molar-refractivity contribution in [3.05, 3.63) is 35.6 Å². The van der Waals surface area contributed by atoms with E-state index in [9.17, 15) is 8.78 Å². The van der Waals surface area contributed by atoms with Gasteiger partial charge in [-0.05, 0) is 18.9 Å². The lowest BCUT2D eigenvalue weighted by Crippen LogP contribution is -1.98. The van der Waals surface area contributed by atoms with Crippen LogP contribution in [0.5, 0.6) is 0 Å². The van der Waals surface area contributed by atoms with Gasteiger partial charge >= 0.3 is 0 Å². The molecule has 0 atom stereocenters. The van der Waals surface area contributed by atoms with Crippen LogP contribution in [0.2, 0.25) is 0 Å². The average Bonchev–Trinajstić information content (AvgIpc) is 2.47. The maximum atomic E-state index is 12.5. The van der Waals surface area contributed by atoms with Crippen LogP contribution >= 0.6 is 0 Å². The van der Waals surface area contributed by atoms with Gasteiger partial charge in [0.05, 0.1) is 0 Å². The summed E-state index contributed by atoms with van der Waals surface area (Å²) in [5.41, 5.74) is 1.01. The maximum absolute atomic E-state index is 12.5. The summed E-state index contributed by atoms with van der Waals surface area (Å²) >= 11 is 0. The molecule has 0 aromatic carbocycles. The van der Waals surface area contributed by atoms with Gasteiger partial charge in [-0.2, -0.15) is 0 Å². The second kappa shape index (κ2) is 4.12. The van der Waals surface area contributed by atoms with Gasteiger partial charge in [-0.15, -0.1) is 0 Å². The van der Waals surface area contributed by atoms with E-state index in [4.69, 9.17) is 0 Å². The minimum Gasteiger partial charge on any atom is -0.259 e. The molecule has 13 heavy (non-hydrogen) atoms. The SMILES string of the molecule is C=C1CC=C/C1=C(/N=CC)C(F)F. The molecule has 0 aliphatic heterocycles. The second-order valence-electron chi connectivity index (χ2n) is 2.70. The lowest BCUT2D eigenvalue weighted by atomic mass is 10.1. The molecule has 70 valence electrons. The summed E-state index contributed by atoms with van der Waals surface area (Å²) in [7, 11) is 0. The summed E-state index contributed by atoms with van der Waals surface area (Å²) in [6, 6.07) is 0. The van der Waals surface area contributed by atoms with Crippen molar-refractivity contribution in [1.82, 2.24) is 0 Å². The maximum Gasteiger partial charge on any atom is 0.280 e. The lowest BCUT2D eigenvalue weighted by molar-refractivity contribution is 0.187. The Morgan fingerprint density at radius 2 is 2.38 bits per heavy atom. The first-order chi connectivity index (χ1) is 6.16. The second-order valence-corrected chi connectivity index (χ2v) is 2.70. The Bertz CT molecular complexity index is 298. The molecule has 0 saturated carbocycles. The number of hydrogen-bond acceptors (Lipinski definition) is 1. The fourth-order valence-electron chi connectivity index (χ4n) is 1.20. The zero-order valence-corrected chi connectivity index (χ0v) is 7.43. The Kier molecular flexibility index (Phi) is 3.12. The molecule has 0 bridgehead atoms. The van der Waals surface area contributed by atoms with E-state index in [2.05, 4.69) is 11.6 Å². The summed E-state index contributed by atoms with van der Waals surface area (Å²) in [6.45, 7) is 5.31. The number of rotatable bonds is 2. The van der Waals surface area contributed by atoms with Gasteiger partial charge in [-0.3, -0.25) is 4.99 Å². The van der Waals surface area contributed by atoms with E-state index >= 15 is 0 Å². The Labute approximate surface area is 76.2 Å². The summed E-state index contributed by atoms with van der Waals surface area (Å²) in [5, 5.41) is 0. The Morgan fingerprint density at radius 1 is 1.69 bits per heavy atom. The fourth-order valence-corrected chi connectivity index (χ4v) is 1.20. The predicted octanol–water partition coefficient (Wildman–Crippen LogP) is 3.11. The van der Waals surface area contributed by atoms with Crippen LogP contribution in [0.3, 0.4) is 0 Å². The Morgan fingerprint density at radius 3 is 2.77 bits per heavy atom. The molecule has 0 unspecified atom stereocenters. The third-order valence-electron chi connectivity index (χ3n) is 1.78. The molecule has 3 heteroatoms. The van der Waals surface area contributed by atoms with Gasteiger partial charge in [-0.25, -0.2) is 8.78 Å². The first kappa shape index (κ1) is 9.84. The molecule has 0 radical (unpaired) electrons. The Balaban J connectivity index is 3.08. The van der Waals surface area contributed by atoms with Gasteiger partial charge in [0.25, 0.3) is 6.43 Å². The summed E-state index contributed by atoms with van der Waals surface area (Å²) in [6.07, 6.45) is 2.94. The van der Waals surface area contributed by atoms with Crippen molar-refractivity contribution in [1.29, 1.82) is 0 Å². The lowest BCUT2D eigenvalue weighted by Gasteiger charge is -2.04. The molecule has 1 aliphatic carbocycles. The molecule has 0 fully saturated rings. The molecule has 0 spiro atoms.